The molecule has 3 N–H and O–H groups in total. The molecule has 0 aliphatic rings. The normalized spacial score (nSPS) is 12.7. The van der Waals surface area contributed by atoms with Crippen LogP contribution in [-0.4, -0.2) is 28.8 Å². The number of aromatic nitrogens is 1. The highest BCUT2D eigenvalue weighted by Crippen LogP contribution is 2.08. The Hall–Kier alpha value is -1.42. The molecule has 1 aromatic heterocycles. The van der Waals surface area contributed by atoms with Gasteiger partial charge in [0.25, 0.3) is 0 Å². The lowest BCUT2D eigenvalue weighted by molar-refractivity contribution is 0.263. The zero-order chi connectivity index (χ0) is 12.8. The number of nitrogens with one attached hydrogen (secondary N) is 1. The van der Waals surface area contributed by atoms with Gasteiger partial charge in [0.2, 0.25) is 0 Å². The molecular formula is C13H22N4. The minimum atomic E-state index is 0.104. The van der Waals surface area contributed by atoms with Crippen molar-refractivity contribution in [3.05, 3.63) is 29.6 Å². The van der Waals surface area contributed by atoms with E-state index in [2.05, 4.69) is 22.9 Å². The average Bonchev–Trinajstić information content (AvgIpc) is 2.27. The largest absolute Gasteiger partial charge is 0.387 e. The molecule has 0 bridgehead atoms. The Kier molecular flexibility index (Phi) is 5.10. The van der Waals surface area contributed by atoms with Gasteiger partial charge >= 0.3 is 0 Å². The van der Waals surface area contributed by atoms with Gasteiger partial charge in [0.05, 0.1) is 5.84 Å². The third-order valence-electron chi connectivity index (χ3n) is 2.85. The summed E-state index contributed by atoms with van der Waals surface area (Å²) in [6.07, 6.45) is 3.76. The van der Waals surface area contributed by atoms with Crippen molar-refractivity contribution in [1.82, 2.24) is 9.88 Å². The monoisotopic (exact) mass is 234 g/mol. The fraction of sp³-hybridized carbons (Fsp3) is 0.538. The third kappa shape index (κ3) is 4.53. The molecule has 0 saturated carbocycles. The molecule has 0 aromatic carbocycles. The average molecular weight is 234 g/mol. The minimum Gasteiger partial charge on any atom is -0.387 e. The lowest BCUT2D eigenvalue weighted by Gasteiger charge is -2.23. The Morgan fingerprint density at radius 2 is 2.24 bits per heavy atom. The Morgan fingerprint density at radius 1 is 1.53 bits per heavy atom. The SMILES string of the molecule is CCN(Cc1cncc(C)c1)CC(C)C(=N)N. The molecule has 0 radical (unpaired) electrons. The zero-order valence-electron chi connectivity index (χ0n) is 10.9. The van der Waals surface area contributed by atoms with Crippen LogP contribution in [0.5, 0.6) is 0 Å². The van der Waals surface area contributed by atoms with Gasteiger partial charge in [0, 0.05) is 31.4 Å². The fourth-order valence-corrected chi connectivity index (χ4v) is 1.75. The molecule has 0 aliphatic heterocycles. The lowest BCUT2D eigenvalue weighted by atomic mass is 10.1. The molecule has 0 saturated heterocycles. The quantitative estimate of drug-likeness (QED) is 0.582. The van der Waals surface area contributed by atoms with E-state index in [9.17, 15) is 0 Å². The van der Waals surface area contributed by atoms with Gasteiger partial charge in [-0.15, -0.1) is 0 Å². The molecule has 17 heavy (non-hydrogen) atoms. The van der Waals surface area contributed by atoms with E-state index >= 15 is 0 Å². The molecule has 4 nitrogen and oxygen atoms in total. The lowest BCUT2D eigenvalue weighted by Crippen LogP contribution is -2.34. The van der Waals surface area contributed by atoms with E-state index in [1.54, 1.807) is 0 Å². The molecule has 0 aliphatic carbocycles. The molecule has 94 valence electrons. The van der Waals surface area contributed by atoms with Crippen LogP contribution in [0, 0.1) is 18.3 Å². The number of amidine groups is 1. The smallest absolute Gasteiger partial charge is 0.0947 e. The van der Waals surface area contributed by atoms with E-state index < -0.39 is 0 Å². The van der Waals surface area contributed by atoms with E-state index in [4.69, 9.17) is 11.1 Å². The number of hydrogen-bond acceptors (Lipinski definition) is 3. The van der Waals surface area contributed by atoms with Crippen LogP contribution >= 0.6 is 0 Å². The Morgan fingerprint density at radius 3 is 2.76 bits per heavy atom. The van der Waals surface area contributed by atoms with Crippen molar-refractivity contribution < 1.29 is 0 Å². The van der Waals surface area contributed by atoms with Crippen LogP contribution in [0.1, 0.15) is 25.0 Å². The molecule has 0 spiro atoms. The first-order chi connectivity index (χ1) is 8.02. The second-order valence-electron chi connectivity index (χ2n) is 4.55. The summed E-state index contributed by atoms with van der Waals surface area (Å²) >= 11 is 0. The van der Waals surface area contributed by atoms with Gasteiger partial charge in [-0.05, 0) is 24.6 Å². The molecule has 1 atom stereocenters. The number of aryl methyl sites for hydroxylation is 1. The van der Waals surface area contributed by atoms with Gasteiger partial charge in [0.15, 0.2) is 0 Å². The van der Waals surface area contributed by atoms with Crippen molar-refractivity contribution in [2.45, 2.75) is 27.3 Å². The number of hydrogen-bond donors (Lipinski definition) is 2. The molecule has 1 rings (SSSR count). The highest BCUT2D eigenvalue weighted by atomic mass is 15.1. The van der Waals surface area contributed by atoms with E-state index in [1.807, 2.05) is 26.2 Å². The van der Waals surface area contributed by atoms with E-state index in [0.29, 0.717) is 0 Å². The highest BCUT2D eigenvalue weighted by molar-refractivity contribution is 5.79. The van der Waals surface area contributed by atoms with Crippen molar-refractivity contribution in [2.75, 3.05) is 13.1 Å². The number of pyridine rings is 1. The molecule has 0 fully saturated rings. The Balaban J connectivity index is 2.61. The van der Waals surface area contributed by atoms with Crippen molar-refractivity contribution in [3.8, 4) is 0 Å². The Bertz CT molecular complexity index is 375. The fourth-order valence-electron chi connectivity index (χ4n) is 1.75. The van der Waals surface area contributed by atoms with Crippen molar-refractivity contribution in [2.24, 2.45) is 11.7 Å². The zero-order valence-corrected chi connectivity index (χ0v) is 10.9. The first kappa shape index (κ1) is 13.6. The summed E-state index contributed by atoms with van der Waals surface area (Å²) in [7, 11) is 0. The summed E-state index contributed by atoms with van der Waals surface area (Å²) < 4.78 is 0. The van der Waals surface area contributed by atoms with Crippen molar-refractivity contribution in [1.29, 1.82) is 5.41 Å². The van der Waals surface area contributed by atoms with Crippen LogP contribution in [0.25, 0.3) is 0 Å². The van der Waals surface area contributed by atoms with Crippen molar-refractivity contribution >= 4 is 5.84 Å². The van der Waals surface area contributed by atoms with Gasteiger partial charge in [-0.1, -0.05) is 19.9 Å². The van der Waals surface area contributed by atoms with Gasteiger partial charge in [-0.3, -0.25) is 15.3 Å². The van der Waals surface area contributed by atoms with Crippen LogP contribution in [-0.2, 0) is 6.54 Å². The summed E-state index contributed by atoms with van der Waals surface area (Å²) in [4.78, 5) is 6.47. The van der Waals surface area contributed by atoms with E-state index in [1.165, 1.54) is 11.1 Å². The highest BCUT2D eigenvalue weighted by Gasteiger charge is 2.11. The summed E-state index contributed by atoms with van der Waals surface area (Å²) in [6, 6.07) is 2.15. The first-order valence-electron chi connectivity index (χ1n) is 5.99. The van der Waals surface area contributed by atoms with Crippen LogP contribution < -0.4 is 5.73 Å². The summed E-state index contributed by atoms with van der Waals surface area (Å²) in [5, 5.41) is 7.42. The summed E-state index contributed by atoms with van der Waals surface area (Å²) in [5.74, 6) is 0.360. The summed E-state index contributed by atoms with van der Waals surface area (Å²) in [5.41, 5.74) is 7.89. The van der Waals surface area contributed by atoms with Gasteiger partial charge < -0.3 is 5.73 Å². The maximum atomic E-state index is 7.42. The van der Waals surface area contributed by atoms with Crippen LogP contribution in [0.15, 0.2) is 18.5 Å². The molecule has 1 aromatic rings. The van der Waals surface area contributed by atoms with Gasteiger partial charge in [0.1, 0.15) is 0 Å². The van der Waals surface area contributed by atoms with E-state index in [0.717, 1.165) is 19.6 Å². The second-order valence-corrected chi connectivity index (χ2v) is 4.55. The minimum absolute atomic E-state index is 0.104. The number of nitrogens with zero attached hydrogens (tertiary/aromatic N) is 2. The molecule has 1 unspecified atom stereocenters. The molecule has 0 amide bonds. The summed E-state index contributed by atoms with van der Waals surface area (Å²) in [6.45, 7) is 8.79. The number of nitrogens with two attached hydrogens (primary N) is 1. The van der Waals surface area contributed by atoms with E-state index in [-0.39, 0.29) is 11.8 Å². The van der Waals surface area contributed by atoms with Crippen LogP contribution in [0.4, 0.5) is 0 Å². The molecular weight excluding hydrogens is 212 g/mol. The van der Waals surface area contributed by atoms with Gasteiger partial charge in [-0.2, -0.15) is 0 Å². The maximum absolute atomic E-state index is 7.42. The molecule has 4 heteroatoms. The predicted octanol–water partition coefficient (Wildman–Crippen LogP) is 1.78. The molecule has 1 heterocycles. The third-order valence-corrected chi connectivity index (χ3v) is 2.85. The van der Waals surface area contributed by atoms with Gasteiger partial charge in [-0.25, -0.2) is 0 Å². The maximum Gasteiger partial charge on any atom is 0.0947 e. The predicted molar refractivity (Wildman–Crippen MR) is 71.0 cm³/mol. The first-order valence-corrected chi connectivity index (χ1v) is 5.99. The second kappa shape index (κ2) is 6.35. The Labute approximate surface area is 103 Å². The topological polar surface area (TPSA) is 66.0 Å². The van der Waals surface area contributed by atoms with Crippen LogP contribution in [0.3, 0.4) is 0 Å². The number of rotatable bonds is 6. The standard InChI is InChI=1S/C13H22N4/c1-4-17(8-11(3)13(14)15)9-12-5-10(2)6-16-7-12/h5-7,11H,4,8-9H2,1-3H3,(H3,14,15). The van der Waals surface area contributed by atoms with Crippen LogP contribution in [0.2, 0.25) is 0 Å². The van der Waals surface area contributed by atoms with Crippen molar-refractivity contribution in [3.63, 3.8) is 0 Å².